The minimum atomic E-state index is -0.508. The molecule has 8 nitrogen and oxygen atoms in total. The van der Waals surface area contributed by atoms with Gasteiger partial charge >= 0.3 is 5.97 Å². The molecule has 1 N–H and O–H groups in total. The topological polar surface area (TPSA) is 96.0 Å². The first-order valence-electron chi connectivity index (χ1n) is 10.7. The Morgan fingerprint density at radius 2 is 1.71 bits per heavy atom. The summed E-state index contributed by atoms with van der Waals surface area (Å²) in [5, 5.41) is 2.83. The zero-order valence-electron chi connectivity index (χ0n) is 18.6. The maximum atomic E-state index is 12.9. The number of para-hydroxylation sites is 1. The van der Waals surface area contributed by atoms with Crippen molar-refractivity contribution in [2.75, 3.05) is 32.1 Å². The molecule has 2 aliphatic rings. The van der Waals surface area contributed by atoms with Crippen LogP contribution in [-0.2, 0) is 19.1 Å². The summed E-state index contributed by atoms with van der Waals surface area (Å²) in [6.07, 6.45) is 1.34. The van der Waals surface area contributed by atoms with E-state index in [1.807, 2.05) is 20.8 Å². The van der Waals surface area contributed by atoms with Crippen LogP contribution in [0.1, 0.15) is 50.4 Å². The third-order valence-corrected chi connectivity index (χ3v) is 6.05. The second-order valence-corrected chi connectivity index (χ2v) is 9.20. The van der Waals surface area contributed by atoms with Gasteiger partial charge in [0.25, 0.3) is 0 Å². The van der Waals surface area contributed by atoms with Crippen molar-refractivity contribution in [2.24, 2.45) is 11.8 Å². The first-order chi connectivity index (χ1) is 14.6. The van der Waals surface area contributed by atoms with E-state index >= 15 is 0 Å². The number of ether oxygens (including phenoxy) is 1. The quantitative estimate of drug-likeness (QED) is 0.741. The Morgan fingerprint density at radius 1 is 1.06 bits per heavy atom. The molecule has 1 aromatic carbocycles. The highest BCUT2D eigenvalue weighted by Crippen LogP contribution is 2.29. The Morgan fingerprint density at radius 3 is 2.29 bits per heavy atom. The summed E-state index contributed by atoms with van der Waals surface area (Å²) in [6.45, 7) is 7.33. The number of hydrogen-bond donors (Lipinski definition) is 1. The van der Waals surface area contributed by atoms with Gasteiger partial charge in [0.1, 0.15) is 0 Å². The molecule has 1 atom stereocenters. The molecule has 0 aliphatic carbocycles. The lowest BCUT2D eigenvalue weighted by atomic mass is 9.94. The zero-order valence-corrected chi connectivity index (χ0v) is 18.6. The van der Waals surface area contributed by atoms with Crippen LogP contribution in [0, 0.1) is 11.8 Å². The molecule has 168 valence electrons. The van der Waals surface area contributed by atoms with E-state index in [0.29, 0.717) is 43.7 Å². The first-order valence-corrected chi connectivity index (χ1v) is 10.7. The van der Waals surface area contributed by atoms with E-state index in [1.54, 1.807) is 34.1 Å². The number of amides is 3. The van der Waals surface area contributed by atoms with Gasteiger partial charge in [0.2, 0.25) is 17.7 Å². The second-order valence-electron chi connectivity index (χ2n) is 9.20. The lowest BCUT2D eigenvalue weighted by Gasteiger charge is -2.34. The summed E-state index contributed by atoms with van der Waals surface area (Å²) < 4.78 is 4.77. The van der Waals surface area contributed by atoms with Crippen LogP contribution < -0.4 is 5.32 Å². The van der Waals surface area contributed by atoms with E-state index < -0.39 is 5.97 Å². The summed E-state index contributed by atoms with van der Waals surface area (Å²) in [7, 11) is 1.30. The van der Waals surface area contributed by atoms with Gasteiger partial charge in [0.05, 0.1) is 24.3 Å². The van der Waals surface area contributed by atoms with Gasteiger partial charge in [-0.25, -0.2) is 4.79 Å². The number of carbonyl (C=O) groups excluding carboxylic acids is 4. The molecule has 0 aromatic heterocycles. The molecule has 2 aliphatic heterocycles. The van der Waals surface area contributed by atoms with E-state index in [-0.39, 0.29) is 41.5 Å². The second kappa shape index (κ2) is 9.08. The van der Waals surface area contributed by atoms with Crippen LogP contribution in [0.4, 0.5) is 5.69 Å². The van der Waals surface area contributed by atoms with Crippen LogP contribution in [0.2, 0.25) is 0 Å². The molecule has 0 radical (unpaired) electrons. The van der Waals surface area contributed by atoms with E-state index in [2.05, 4.69) is 5.32 Å². The molecule has 3 rings (SSSR count). The molecule has 3 amide bonds. The van der Waals surface area contributed by atoms with Crippen molar-refractivity contribution >= 4 is 29.4 Å². The first kappa shape index (κ1) is 22.8. The van der Waals surface area contributed by atoms with Crippen molar-refractivity contribution in [3.05, 3.63) is 29.8 Å². The van der Waals surface area contributed by atoms with Gasteiger partial charge < -0.3 is 19.9 Å². The van der Waals surface area contributed by atoms with Crippen molar-refractivity contribution in [1.82, 2.24) is 9.80 Å². The van der Waals surface area contributed by atoms with Crippen LogP contribution in [0.15, 0.2) is 24.3 Å². The minimum Gasteiger partial charge on any atom is -0.465 e. The molecular weight excluding hydrogens is 398 g/mol. The number of piperidine rings is 1. The number of methoxy groups -OCH3 is 1. The number of rotatable bonds is 4. The zero-order chi connectivity index (χ0) is 22.8. The van der Waals surface area contributed by atoms with Crippen molar-refractivity contribution in [2.45, 2.75) is 45.6 Å². The molecule has 0 saturated carbocycles. The van der Waals surface area contributed by atoms with Crippen LogP contribution in [0.25, 0.3) is 0 Å². The fourth-order valence-electron chi connectivity index (χ4n) is 4.26. The standard InChI is InChI=1S/C23H31N3O5/c1-23(2,3)26-14-16(13-19(26)27)21(29)25-11-9-15(10-12-25)20(28)24-18-8-6-5-7-17(18)22(30)31-4/h5-8,15-16H,9-14H2,1-4H3,(H,24,28). The highest BCUT2D eigenvalue weighted by molar-refractivity contribution is 6.02. The normalized spacial score (nSPS) is 20.0. The van der Waals surface area contributed by atoms with Crippen LogP contribution in [0.5, 0.6) is 0 Å². The third kappa shape index (κ3) is 5.06. The molecule has 2 fully saturated rings. The number of likely N-dealkylation sites (tertiary alicyclic amines) is 2. The Balaban J connectivity index is 1.55. The lowest BCUT2D eigenvalue weighted by Crippen LogP contribution is -2.46. The van der Waals surface area contributed by atoms with Crippen molar-refractivity contribution < 1.29 is 23.9 Å². The average Bonchev–Trinajstić information content (AvgIpc) is 3.15. The van der Waals surface area contributed by atoms with Gasteiger partial charge in [-0.2, -0.15) is 0 Å². The SMILES string of the molecule is COC(=O)c1ccccc1NC(=O)C1CCN(C(=O)C2CC(=O)N(C(C)(C)C)C2)CC1. The fraction of sp³-hybridized carbons (Fsp3) is 0.565. The molecule has 1 aromatic rings. The summed E-state index contributed by atoms with van der Waals surface area (Å²) in [6, 6.07) is 6.72. The number of esters is 1. The van der Waals surface area contributed by atoms with Crippen molar-refractivity contribution in [3.8, 4) is 0 Å². The smallest absolute Gasteiger partial charge is 0.339 e. The van der Waals surface area contributed by atoms with Crippen LogP contribution in [-0.4, -0.2) is 65.8 Å². The maximum absolute atomic E-state index is 12.9. The van der Waals surface area contributed by atoms with Crippen LogP contribution >= 0.6 is 0 Å². The Bertz CT molecular complexity index is 868. The monoisotopic (exact) mass is 429 g/mol. The van der Waals surface area contributed by atoms with Gasteiger partial charge in [-0.15, -0.1) is 0 Å². The van der Waals surface area contributed by atoms with Gasteiger partial charge in [-0.1, -0.05) is 12.1 Å². The molecule has 1 unspecified atom stereocenters. The molecule has 0 spiro atoms. The lowest BCUT2D eigenvalue weighted by molar-refractivity contribution is -0.138. The highest BCUT2D eigenvalue weighted by Gasteiger charge is 2.41. The van der Waals surface area contributed by atoms with E-state index in [0.717, 1.165) is 0 Å². The van der Waals surface area contributed by atoms with Crippen LogP contribution in [0.3, 0.4) is 0 Å². The number of anilines is 1. The Labute approximate surface area is 182 Å². The van der Waals surface area contributed by atoms with Gasteiger partial charge in [-0.3, -0.25) is 14.4 Å². The largest absolute Gasteiger partial charge is 0.465 e. The number of nitrogens with one attached hydrogen (secondary N) is 1. The van der Waals surface area contributed by atoms with Crippen molar-refractivity contribution in [1.29, 1.82) is 0 Å². The van der Waals surface area contributed by atoms with E-state index in [9.17, 15) is 19.2 Å². The third-order valence-electron chi connectivity index (χ3n) is 6.05. The maximum Gasteiger partial charge on any atom is 0.339 e. The summed E-state index contributed by atoms with van der Waals surface area (Å²) in [5.74, 6) is -1.22. The summed E-state index contributed by atoms with van der Waals surface area (Å²) >= 11 is 0. The molecule has 2 saturated heterocycles. The molecule has 2 heterocycles. The fourth-order valence-corrected chi connectivity index (χ4v) is 4.26. The highest BCUT2D eigenvalue weighted by atomic mass is 16.5. The van der Waals surface area contributed by atoms with E-state index in [1.165, 1.54) is 7.11 Å². The number of benzene rings is 1. The van der Waals surface area contributed by atoms with Crippen molar-refractivity contribution in [3.63, 3.8) is 0 Å². The predicted molar refractivity (Wildman–Crippen MR) is 115 cm³/mol. The Kier molecular flexibility index (Phi) is 6.67. The molecule has 8 heteroatoms. The Hall–Kier alpha value is -2.90. The predicted octanol–water partition coefficient (Wildman–Crippen LogP) is 2.30. The minimum absolute atomic E-state index is 0.00463. The average molecular weight is 430 g/mol. The molecule has 31 heavy (non-hydrogen) atoms. The summed E-state index contributed by atoms with van der Waals surface area (Å²) in [5.41, 5.74) is 0.433. The number of nitrogens with zero attached hydrogens (tertiary/aromatic N) is 2. The molecular formula is C23H31N3O5. The number of hydrogen-bond acceptors (Lipinski definition) is 5. The molecule has 0 bridgehead atoms. The summed E-state index contributed by atoms with van der Waals surface area (Å²) in [4.78, 5) is 53.4. The van der Waals surface area contributed by atoms with Gasteiger partial charge in [-0.05, 0) is 45.7 Å². The van der Waals surface area contributed by atoms with Gasteiger partial charge in [0.15, 0.2) is 0 Å². The number of carbonyl (C=O) groups is 4. The van der Waals surface area contributed by atoms with E-state index in [4.69, 9.17) is 4.74 Å². The van der Waals surface area contributed by atoms with Gasteiger partial charge in [0, 0.05) is 37.5 Å².